The molecule has 1 aromatic carbocycles. The Morgan fingerprint density at radius 1 is 1.30 bits per heavy atom. The van der Waals surface area contributed by atoms with Crippen molar-refractivity contribution in [2.45, 2.75) is 39.2 Å². The van der Waals surface area contributed by atoms with E-state index in [1.165, 1.54) is 0 Å². The van der Waals surface area contributed by atoms with E-state index >= 15 is 0 Å². The van der Waals surface area contributed by atoms with Gasteiger partial charge in [0.05, 0.1) is 6.10 Å². The second-order valence-corrected chi connectivity index (χ2v) is 5.05. The summed E-state index contributed by atoms with van der Waals surface area (Å²) < 4.78 is 0. The van der Waals surface area contributed by atoms with Crippen molar-refractivity contribution in [1.29, 1.82) is 0 Å². The molecule has 0 radical (unpaired) electrons. The van der Waals surface area contributed by atoms with Gasteiger partial charge in [0.25, 0.3) is 5.91 Å². The molecule has 4 N–H and O–H groups in total. The number of nitrogens with one attached hydrogen (secondary N) is 1. The zero-order valence-electron chi connectivity index (χ0n) is 12.4. The fraction of sp³-hybridized carbons (Fsp3) is 0.562. The standard InChI is InChI=1S/C16H26N2O2/c1-3-12(4-2)15(19)11-18-16(20)14-8-6-5-7-13(14)9-10-17/h5-8,12,15,19H,3-4,9-11,17H2,1-2H3,(H,18,20). The summed E-state index contributed by atoms with van der Waals surface area (Å²) in [5, 5.41) is 12.9. The zero-order valence-corrected chi connectivity index (χ0v) is 12.4. The molecule has 0 saturated heterocycles. The molecule has 1 amide bonds. The maximum absolute atomic E-state index is 12.2. The third kappa shape index (κ3) is 4.62. The van der Waals surface area contributed by atoms with Crippen molar-refractivity contribution in [3.05, 3.63) is 35.4 Å². The highest BCUT2D eigenvalue weighted by Crippen LogP contribution is 2.13. The van der Waals surface area contributed by atoms with E-state index in [0.717, 1.165) is 18.4 Å². The number of aliphatic hydroxyl groups excluding tert-OH is 1. The normalized spacial score (nSPS) is 12.4. The Labute approximate surface area is 121 Å². The molecule has 4 nitrogen and oxygen atoms in total. The van der Waals surface area contributed by atoms with Crippen LogP contribution in [-0.2, 0) is 6.42 Å². The van der Waals surface area contributed by atoms with Crippen LogP contribution in [0.4, 0.5) is 0 Å². The van der Waals surface area contributed by atoms with Gasteiger partial charge < -0.3 is 16.2 Å². The summed E-state index contributed by atoms with van der Waals surface area (Å²) in [7, 11) is 0. The lowest BCUT2D eigenvalue weighted by molar-refractivity contribution is 0.0816. The minimum atomic E-state index is -0.490. The Balaban J connectivity index is 2.63. The van der Waals surface area contributed by atoms with Crippen molar-refractivity contribution in [3.63, 3.8) is 0 Å². The van der Waals surface area contributed by atoms with Crippen LogP contribution in [0.15, 0.2) is 24.3 Å². The lowest BCUT2D eigenvalue weighted by Crippen LogP contribution is -2.36. The highest BCUT2D eigenvalue weighted by Gasteiger charge is 2.17. The average molecular weight is 278 g/mol. The Bertz CT molecular complexity index is 417. The van der Waals surface area contributed by atoms with Gasteiger partial charge in [0.2, 0.25) is 0 Å². The number of hydrogen-bond acceptors (Lipinski definition) is 3. The molecule has 112 valence electrons. The first-order valence-corrected chi connectivity index (χ1v) is 7.38. The van der Waals surface area contributed by atoms with E-state index in [4.69, 9.17) is 5.73 Å². The summed E-state index contributed by atoms with van der Waals surface area (Å²) in [6.45, 7) is 4.91. The topological polar surface area (TPSA) is 75.3 Å². The van der Waals surface area contributed by atoms with E-state index in [0.29, 0.717) is 25.1 Å². The summed E-state index contributed by atoms with van der Waals surface area (Å²) in [4.78, 5) is 12.2. The molecule has 0 aliphatic carbocycles. The van der Waals surface area contributed by atoms with Gasteiger partial charge in [-0.1, -0.05) is 44.9 Å². The van der Waals surface area contributed by atoms with Gasteiger partial charge in [-0.25, -0.2) is 0 Å². The van der Waals surface area contributed by atoms with Gasteiger partial charge in [0, 0.05) is 12.1 Å². The summed E-state index contributed by atoms with van der Waals surface area (Å²) >= 11 is 0. The van der Waals surface area contributed by atoms with Crippen LogP contribution in [0.5, 0.6) is 0 Å². The summed E-state index contributed by atoms with van der Waals surface area (Å²) in [6, 6.07) is 7.45. The number of carbonyl (C=O) groups is 1. The summed E-state index contributed by atoms with van der Waals surface area (Å²) in [5.41, 5.74) is 7.15. The van der Waals surface area contributed by atoms with Crippen LogP contribution in [0, 0.1) is 5.92 Å². The third-order valence-electron chi connectivity index (χ3n) is 3.74. The van der Waals surface area contributed by atoms with Crippen molar-refractivity contribution >= 4 is 5.91 Å². The number of nitrogens with two attached hydrogens (primary N) is 1. The van der Waals surface area contributed by atoms with Gasteiger partial charge in [-0.2, -0.15) is 0 Å². The lowest BCUT2D eigenvalue weighted by atomic mass is 9.96. The van der Waals surface area contributed by atoms with Gasteiger partial charge in [0.1, 0.15) is 0 Å². The number of rotatable bonds is 8. The Morgan fingerprint density at radius 2 is 1.95 bits per heavy atom. The zero-order chi connectivity index (χ0) is 15.0. The minimum Gasteiger partial charge on any atom is -0.391 e. The third-order valence-corrected chi connectivity index (χ3v) is 3.74. The maximum atomic E-state index is 12.2. The maximum Gasteiger partial charge on any atom is 0.251 e. The highest BCUT2D eigenvalue weighted by atomic mass is 16.3. The molecule has 0 aromatic heterocycles. The molecule has 0 fully saturated rings. The van der Waals surface area contributed by atoms with Gasteiger partial charge >= 0.3 is 0 Å². The predicted octanol–water partition coefficient (Wildman–Crippen LogP) is 1.71. The molecule has 1 aromatic rings. The number of amides is 1. The molecule has 20 heavy (non-hydrogen) atoms. The number of carbonyl (C=O) groups excluding carboxylic acids is 1. The molecule has 0 spiro atoms. The highest BCUT2D eigenvalue weighted by molar-refractivity contribution is 5.95. The predicted molar refractivity (Wildman–Crippen MR) is 81.6 cm³/mol. The quantitative estimate of drug-likeness (QED) is 0.677. The molecule has 0 heterocycles. The van der Waals surface area contributed by atoms with Crippen molar-refractivity contribution in [2.24, 2.45) is 11.7 Å². The smallest absolute Gasteiger partial charge is 0.251 e. The van der Waals surface area contributed by atoms with Gasteiger partial charge in [0.15, 0.2) is 0 Å². The first kappa shape index (κ1) is 16.7. The molecule has 0 aliphatic heterocycles. The molecular weight excluding hydrogens is 252 g/mol. The van der Waals surface area contributed by atoms with Crippen molar-refractivity contribution in [1.82, 2.24) is 5.32 Å². The van der Waals surface area contributed by atoms with Crippen LogP contribution in [-0.4, -0.2) is 30.2 Å². The largest absolute Gasteiger partial charge is 0.391 e. The van der Waals surface area contributed by atoms with E-state index in [1.807, 2.05) is 18.2 Å². The van der Waals surface area contributed by atoms with E-state index in [1.54, 1.807) is 6.07 Å². The van der Waals surface area contributed by atoms with Crippen molar-refractivity contribution in [2.75, 3.05) is 13.1 Å². The van der Waals surface area contributed by atoms with Gasteiger partial charge in [-0.3, -0.25) is 4.79 Å². The number of hydrogen-bond donors (Lipinski definition) is 3. The average Bonchev–Trinajstić information content (AvgIpc) is 2.47. The molecule has 1 rings (SSSR count). The van der Waals surface area contributed by atoms with E-state index in [-0.39, 0.29) is 11.8 Å². The molecule has 0 saturated carbocycles. The second kappa shape index (κ2) is 8.72. The lowest BCUT2D eigenvalue weighted by Gasteiger charge is -2.20. The van der Waals surface area contributed by atoms with Crippen LogP contribution in [0.2, 0.25) is 0 Å². The Morgan fingerprint density at radius 3 is 2.55 bits per heavy atom. The van der Waals surface area contributed by atoms with Gasteiger partial charge in [-0.15, -0.1) is 0 Å². The molecule has 1 atom stereocenters. The number of aliphatic hydroxyl groups is 1. The summed E-state index contributed by atoms with van der Waals surface area (Å²) in [5.74, 6) is 0.0913. The van der Waals surface area contributed by atoms with Crippen molar-refractivity contribution < 1.29 is 9.90 Å². The molecule has 4 heteroatoms. The van der Waals surface area contributed by atoms with Crippen molar-refractivity contribution in [3.8, 4) is 0 Å². The van der Waals surface area contributed by atoms with E-state index in [2.05, 4.69) is 19.2 Å². The van der Waals surface area contributed by atoms with Gasteiger partial charge in [-0.05, 0) is 30.5 Å². The van der Waals surface area contributed by atoms with E-state index in [9.17, 15) is 9.90 Å². The fourth-order valence-electron chi connectivity index (χ4n) is 2.41. The van der Waals surface area contributed by atoms with Crippen LogP contribution in [0.25, 0.3) is 0 Å². The fourth-order valence-corrected chi connectivity index (χ4v) is 2.41. The number of benzene rings is 1. The molecular formula is C16H26N2O2. The molecule has 1 unspecified atom stereocenters. The minimum absolute atomic E-state index is 0.140. The summed E-state index contributed by atoms with van der Waals surface area (Å²) in [6.07, 6.45) is 2.02. The molecule has 0 aliphatic rings. The van der Waals surface area contributed by atoms with Crippen LogP contribution in [0.1, 0.15) is 42.6 Å². The van der Waals surface area contributed by atoms with Crippen LogP contribution < -0.4 is 11.1 Å². The molecule has 0 bridgehead atoms. The Kier molecular flexibility index (Phi) is 7.26. The first-order chi connectivity index (χ1) is 9.63. The van der Waals surface area contributed by atoms with Crippen LogP contribution >= 0.6 is 0 Å². The monoisotopic (exact) mass is 278 g/mol. The van der Waals surface area contributed by atoms with Crippen LogP contribution in [0.3, 0.4) is 0 Å². The Hall–Kier alpha value is -1.39. The van der Waals surface area contributed by atoms with E-state index < -0.39 is 6.10 Å². The first-order valence-electron chi connectivity index (χ1n) is 7.38. The second-order valence-electron chi connectivity index (χ2n) is 5.05. The SMILES string of the molecule is CCC(CC)C(O)CNC(=O)c1ccccc1CCN.